The summed E-state index contributed by atoms with van der Waals surface area (Å²) < 4.78 is 5.58. The predicted octanol–water partition coefficient (Wildman–Crippen LogP) is 3.40. The molecule has 0 saturated heterocycles. The highest BCUT2D eigenvalue weighted by molar-refractivity contribution is 5.20. The van der Waals surface area contributed by atoms with Gasteiger partial charge in [-0.3, -0.25) is 0 Å². The van der Waals surface area contributed by atoms with Gasteiger partial charge in [0.2, 0.25) is 0 Å². The zero-order valence-corrected chi connectivity index (χ0v) is 10.1. The number of unbranched alkanes of at least 4 members (excludes halogenated alkanes) is 2. The van der Waals surface area contributed by atoms with Crippen LogP contribution in [-0.4, -0.2) is 17.8 Å². The molecule has 16 heavy (non-hydrogen) atoms. The number of hydrogen-bond acceptors (Lipinski definition) is 2. The van der Waals surface area contributed by atoms with E-state index in [1.807, 2.05) is 37.3 Å². The second-order valence-electron chi connectivity index (χ2n) is 4.07. The average molecular weight is 222 g/mol. The third-order valence-corrected chi connectivity index (χ3v) is 2.66. The topological polar surface area (TPSA) is 29.5 Å². The Bertz CT molecular complexity index is 259. The van der Waals surface area contributed by atoms with Crippen molar-refractivity contribution in [2.75, 3.05) is 6.61 Å². The lowest BCUT2D eigenvalue weighted by atomic mass is 10.1. The van der Waals surface area contributed by atoms with Crippen LogP contribution in [-0.2, 0) is 0 Å². The smallest absolute Gasteiger partial charge is 0.119 e. The first-order chi connectivity index (χ1) is 7.83. The number of ether oxygens (including phenoxy) is 1. The molecule has 0 aromatic heterocycles. The Morgan fingerprint density at radius 2 is 1.88 bits per heavy atom. The second kappa shape index (κ2) is 8.17. The first-order valence-electron chi connectivity index (χ1n) is 6.19. The van der Waals surface area contributed by atoms with Crippen LogP contribution in [0.15, 0.2) is 30.3 Å². The molecule has 1 N–H and O–H groups in total. The first-order valence-corrected chi connectivity index (χ1v) is 6.19. The molecular weight excluding hydrogens is 200 g/mol. The van der Waals surface area contributed by atoms with Gasteiger partial charge < -0.3 is 9.84 Å². The van der Waals surface area contributed by atoms with Crippen LogP contribution in [0.3, 0.4) is 0 Å². The van der Waals surface area contributed by atoms with Gasteiger partial charge in [0.05, 0.1) is 12.7 Å². The maximum absolute atomic E-state index is 9.36. The first kappa shape index (κ1) is 13.0. The van der Waals surface area contributed by atoms with E-state index in [9.17, 15) is 5.11 Å². The maximum Gasteiger partial charge on any atom is 0.119 e. The van der Waals surface area contributed by atoms with Crippen molar-refractivity contribution in [2.45, 2.75) is 45.1 Å². The van der Waals surface area contributed by atoms with Crippen LogP contribution in [0.25, 0.3) is 0 Å². The molecule has 1 aromatic carbocycles. The molecule has 2 heteroatoms. The molecule has 0 bridgehead atoms. The molecule has 0 aliphatic rings. The van der Waals surface area contributed by atoms with Crippen molar-refractivity contribution in [3.63, 3.8) is 0 Å². The van der Waals surface area contributed by atoms with E-state index < -0.39 is 0 Å². The summed E-state index contributed by atoms with van der Waals surface area (Å²) in [6, 6.07) is 9.89. The summed E-state index contributed by atoms with van der Waals surface area (Å²) in [6.45, 7) is 2.79. The van der Waals surface area contributed by atoms with Crippen molar-refractivity contribution in [1.29, 1.82) is 0 Å². The molecular formula is C14H22O2. The summed E-state index contributed by atoms with van der Waals surface area (Å²) in [6.07, 6.45) is 4.94. The molecule has 2 nitrogen and oxygen atoms in total. The van der Waals surface area contributed by atoms with Crippen LogP contribution in [0, 0.1) is 0 Å². The molecule has 90 valence electrons. The van der Waals surface area contributed by atoms with Crippen LogP contribution in [0.2, 0.25) is 0 Å². The predicted molar refractivity (Wildman–Crippen MR) is 66.7 cm³/mol. The second-order valence-corrected chi connectivity index (χ2v) is 4.07. The monoisotopic (exact) mass is 222 g/mol. The van der Waals surface area contributed by atoms with Gasteiger partial charge in [0.25, 0.3) is 0 Å². The van der Waals surface area contributed by atoms with Gasteiger partial charge in [0, 0.05) is 0 Å². The van der Waals surface area contributed by atoms with E-state index in [1.54, 1.807) is 0 Å². The molecule has 0 fully saturated rings. The Morgan fingerprint density at radius 3 is 2.56 bits per heavy atom. The van der Waals surface area contributed by atoms with Crippen molar-refractivity contribution < 1.29 is 9.84 Å². The number of rotatable bonds is 8. The summed E-state index contributed by atoms with van der Waals surface area (Å²) >= 11 is 0. The molecule has 1 unspecified atom stereocenters. The van der Waals surface area contributed by atoms with Crippen molar-refractivity contribution in [1.82, 2.24) is 0 Å². The normalized spacial score (nSPS) is 12.4. The highest BCUT2D eigenvalue weighted by Gasteiger charge is 1.99. The van der Waals surface area contributed by atoms with Crippen LogP contribution < -0.4 is 4.74 Å². The van der Waals surface area contributed by atoms with Gasteiger partial charge in [0.1, 0.15) is 5.75 Å². The van der Waals surface area contributed by atoms with E-state index in [-0.39, 0.29) is 6.10 Å². The van der Waals surface area contributed by atoms with Crippen molar-refractivity contribution in [2.24, 2.45) is 0 Å². The van der Waals surface area contributed by atoms with Gasteiger partial charge in [0.15, 0.2) is 0 Å². The minimum atomic E-state index is -0.116. The largest absolute Gasteiger partial charge is 0.494 e. The summed E-state index contributed by atoms with van der Waals surface area (Å²) in [5.41, 5.74) is 0. The molecule has 1 aromatic rings. The molecule has 1 atom stereocenters. The van der Waals surface area contributed by atoms with E-state index in [1.165, 1.54) is 0 Å². The molecule has 0 aliphatic carbocycles. The molecule has 0 amide bonds. The zero-order valence-electron chi connectivity index (χ0n) is 10.1. The number of aliphatic hydroxyl groups is 1. The van der Waals surface area contributed by atoms with Gasteiger partial charge in [-0.2, -0.15) is 0 Å². The standard InChI is InChI=1S/C14H22O2/c1-2-13(15)9-5-4-8-12-16-14-10-6-3-7-11-14/h3,6-7,10-11,13,15H,2,4-5,8-9,12H2,1H3. The van der Waals surface area contributed by atoms with E-state index in [2.05, 4.69) is 0 Å². The fourth-order valence-electron chi connectivity index (χ4n) is 1.57. The molecule has 0 spiro atoms. The average Bonchev–Trinajstić information content (AvgIpc) is 2.34. The Morgan fingerprint density at radius 1 is 1.12 bits per heavy atom. The summed E-state index contributed by atoms with van der Waals surface area (Å²) in [7, 11) is 0. The Balaban J connectivity index is 1.96. The van der Waals surface area contributed by atoms with Crippen LogP contribution in [0.5, 0.6) is 5.75 Å². The number of aliphatic hydroxyl groups excluding tert-OH is 1. The van der Waals surface area contributed by atoms with Crippen LogP contribution in [0.4, 0.5) is 0 Å². The summed E-state index contributed by atoms with van der Waals surface area (Å²) in [5.74, 6) is 0.941. The Hall–Kier alpha value is -1.02. The van der Waals surface area contributed by atoms with Gasteiger partial charge in [-0.15, -0.1) is 0 Å². The van der Waals surface area contributed by atoms with Crippen molar-refractivity contribution in [3.8, 4) is 5.75 Å². The highest BCUT2D eigenvalue weighted by Crippen LogP contribution is 2.10. The minimum absolute atomic E-state index is 0.116. The fraction of sp³-hybridized carbons (Fsp3) is 0.571. The minimum Gasteiger partial charge on any atom is -0.494 e. The number of hydrogen-bond donors (Lipinski definition) is 1. The van der Waals surface area contributed by atoms with E-state index in [0.717, 1.165) is 44.5 Å². The van der Waals surface area contributed by atoms with Gasteiger partial charge in [-0.05, 0) is 37.8 Å². The molecule has 1 rings (SSSR count). The lowest BCUT2D eigenvalue weighted by Gasteiger charge is -2.08. The quantitative estimate of drug-likeness (QED) is 0.683. The molecule has 0 saturated carbocycles. The maximum atomic E-state index is 9.36. The summed E-state index contributed by atoms with van der Waals surface area (Å²) in [4.78, 5) is 0. The summed E-state index contributed by atoms with van der Waals surface area (Å²) in [5, 5.41) is 9.36. The van der Waals surface area contributed by atoms with E-state index in [0.29, 0.717) is 0 Å². The SMILES string of the molecule is CCC(O)CCCCCOc1ccccc1. The van der Waals surface area contributed by atoms with Gasteiger partial charge >= 0.3 is 0 Å². The number of para-hydroxylation sites is 1. The van der Waals surface area contributed by atoms with Crippen LogP contribution in [0.1, 0.15) is 39.0 Å². The Kier molecular flexibility index (Phi) is 6.66. The van der Waals surface area contributed by atoms with Crippen LogP contribution >= 0.6 is 0 Å². The zero-order chi connectivity index (χ0) is 11.6. The lowest BCUT2D eigenvalue weighted by Crippen LogP contribution is -2.04. The highest BCUT2D eigenvalue weighted by atomic mass is 16.5. The third-order valence-electron chi connectivity index (χ3n) is 2.66. The van der Waals surface area contributed by atoms with Crippen molar-refractivity contribution >= 4 is 0 Å². The van der Waals surface area contributed by atoms with Crippen molar-refractivity contribution in [3.05, 3.63) is 30.3 Å². The third kappa shape index (κ3) is 5.76. The lowest BCUT2D eigenvalue weighted by molar-refractivity contribution is 0.155. The number of benzene rings is 1. The van der Waals surface area contributed by atoms with E-state index >= 15 is 0 Å². The Labute approximate surface area is 98.3 Å². The molecule has 0 radical (unpaired) electrons. The van der Waals surface area contributed by atoms with Gasteiger partial charge in [-0.1, -0.05) is 31.5 Å². The van der Waals surface area contributed by atoms with E-state index in [4.69, 9.17) is 4.74 Å². The fourth-order valence-corrected chi connectivity index (χ4v) is 1.57. The molecule has 0 aliphatic heterocycles. The van der Waals surface area contributed by atoms with Gasteiger partial charge in [-0.25, -0.2) is 0 Å². The molecule has 0 heterocycles.